The van der Waals surface area contributed by atoms with Gasteiger partial charge < -0.3 is 5.11 Å². The van der Waals surface area contributed by atoms with E-state index >= 15 is 0 Å². The first-order valence-electron chi connectivity index (χ1n) is 5.55. The summed E-state index contributed by atoms with van der Waals surface area (Å²) >= 11 is 0. The standard InChI is InChI=1S/C12H9FN2O5S/c13-11-6-5-10(7-12(11)15(17)18)21(19,20)14-8-1-3-9(16)4-2-8/h1-7,14,16H. The van der Waals surface area contributed by atoms with Gasteiger partial charge in [0.2, 0.25) is 5.82 Å². The molecule has 0 saturated carbocycles. The normalized spacial score (nSPS) is 11.1. The van der Waals surface area contributed by atoms with Gasteiger partial charge in [-0.1, -0.05) is 0 Å². The van der Waals surface area contributed by atoms with Gasteiger partial charge in [0.05, 0.1) is 9.82 Å². The lowest BCUT2D eigenvalue weighted by atomic mass is 10.3. The summed E-state index contributed by atoms with van der Waals surface area (Å²) in [6, 6.07) is 7.43. The van der Waals surface area contributed by atoms with Crippen LogP contribution < -0.4 is 4.72 Å². The van der Waals surface area contributed by atoms with Crippen LogP contribution in [0.2, 0.25) is 0 Å². The third kappa shape index (κ3) is 3.26. The number of nitro benzene ring substituents is 1. The molecule has 0 radical (unpaired) electrons. The zero-order valence-corrected chi connectivity index (χ0v) is 11.2. The van der Waals surface area contributed by atoms with Crippen LogP contribution in [0.4, 0.5) is 15.8 Å². The zero-order valence-electron chi connectivity index (χ0n) is 10.4. The molecule has 2 N–H and O–H groups in total. The minimum Gasteiger partial charge on any atom is -0.508 e. The Morgan fingerprint density at radius 1 is 1.14 bits per heavy atom. The van der Waals surface area contributed by atoms with Gasteiger partial charge in [0.1, 0.15) is 5.75 Å². The molecule has 0 aliphatic rings. The molecule has 2 aromatic carbocycles. The maximum Gasteiger partial charge on any atom is 0.306 e. The molecule has 21 heavy (non-hydrogen) atoms. The van der Waals surface area contributed by atoms with Crippen LogP contribution in [0.1, 0.15) is 0 Å². The van der Waals surface area contributed by atoms with Crippen molar-refractivity contribution in [3.8, 4) is 5.75 Å². The van der Waals surface area contributed by atoms with E-state index in [1.807, 2.05) is 0 Å². The Labute approximate surface area is 118 Å². The van der Waals surface area contributed by atoms with Crippen LogP contribution in [0, 0.1) is 15.9 Å². The molecule has 2 rings (SSSR count). The molecular formula is C12H9FN2O5S. The number of hydrogen-bond donors (Lipinski definition) is 2. The average molecular weight is 312 g/mol. The Morgan fingerprint density at radius 3 is 2.33 bits per heavy atom. The molecule has 110 valence electrons. The summed E-state index contributed by atoms with van der Waals surface area (Å²) in [6.07, 6.45) is 0. The summed E-state index contributed by atoms with van der Waals surface area (Å²) in [5.41, 5.74) is -0.775. The van der Waals surface area contributed by atoms with Crippen LogP contribution in [0.5, 0.6) is 5.75 Å². The van der Waals surface area contributed by atoms with Gasteiger partial charge in [-0.3, -0.25) is 14.8 Å². The molecule has 0 spiro atoms. The van der Waals surface area contributed by atoms with Gasteiger partial charge >= 0.3 is 5.69 Å². The van der Waals surface area contributed by atoms with E-state index in [0.717, 1.165) is 6.07 Å². The highest BCUT2D eigenvalue weighted by Gasteiger charge is 2.21. The maximum atomic E-state index is 13.2. The van der Waals surface area contributed by atoms with Crippen molar-refractivity contribution in [3.05, 3.63) is 58.4 Å². The van der Waals surface area contributed by atoms with Crippen LogP contribution in [-0.2, 0) is 10.0 Å². The van der Waals surface area contributed by atoms with Crippen LogP contribution in [-0.4, -0.2) is 18.4 Å². The Kier molecular flexibility index (Phi) is 3.76. The number of nitro groups is 1. The number of hydrogen-bond acceptors (Lipinski definition) is 5. The van der Waals surface area contributed by atoms with Crippen molar-refractivity contribution < 1.29 is 22.8 Å². The van der Waals surface area contributed by atoms with Gasteiger partial charge in [0.25, 0.3) is 10.0 Å². The van der Waals surface area contributed by atoms with Crippen LogP contribution >= 0.6 is 0 Å². The fraction of sp³-hybridized carbons (Fsp3) is 0. The number of benzene rings is 2. The lowest BCUT2D eigenvalue weighted by molar-refractivity contribution is -0.387. The molecule has 7 nitrogen and oxygen atoms in total. The number of sulfonamides is 1. The molecule has 0 aromatic heterocycles. The van der Waals surface area contributed by atoms with Crippen molar-refractivity contribution in [2.24, 2.45) is 0 Å². The lowest BCUT2D eigenvalue weighted by Crippen LogP contribution is -2.13. The van der Waals surface area contributed by atoms with Gasteiger partial charge in [0, 0.05) is 11.8 Å². The number of phenols is 1. The van der Waals surface area contributed by atoms with Crippen molar-refractivity contribution in [1.29, 1.82) is 0 Å². The van der Waals surface area contributed by atoms with E-state index in [-0.39, 0.29) is 11.4 Å². The van der Waals surface area contributed by atoms with Gasteiger partial charge in [-0.05, 0) is 36.4 Å². The van der Waals surface area contributed by atoms with Crippen molar-refractivity contribution in [1.82, 2.24) is 0 Å². The van der Waals surface area contributed by atoms with Crippen LogP contribution in [0.3, 0.4) is 0 Å². The zero-order chi connectivity index (χ0) is 15.6. The number of nitrogens with zero attached hydrogens (tertiary/aromatic N) is 1. The second-order valence-electron chi connectivity index (χ2n) is 4.02. The molecular weight excluding hydrogens is 303 g/mol. The summed E-state index contributed by atoms with van der Waals surface area (Å²) in [5, 5.41) is 19.7. The Morgan fingerprint density at radius 2 is 1.76 bits per heavy atom. The van der Waals surface area contributed by atoms with Crippen molar-refractivity contribution in [2.75, 3.05) is 4.72 Å². The molecule has 9 heteroatoms. The number of rotatable bonds is 4. The largest absolute Gasteiger partial charge is 0.508 e. The van der Waals surface area contributed by atoms with E-state index in [1.165, 1.54) is 24.3 Å². The highest BCUT2D eigenvalue weighted by molar-refractivity contribution is 7.92. The van der Waals surface area contributed by atoms with Gasteiger partial charge in [-0.2, -0.15) is 4.39 Å². The van der Waals surface area contributed by atoms with Crippen molar-refractivity contribution >= 4 is 21.4 Å². The third-order valence-corrected chi connectivity index (χ3v) is 3.92. The summed E-state index contributed by atoms with van der Waals surface area (Å²) < 4.78 is 39.5. The third-order valence-electron chi connectivity index (χ3n) is 2.54. The number of nitrogens with one attached hydrogen (secondary N) is 1. The van der Waals surface area contributed by atoms with E-state index in [0.29, 0.717) is 12.1 Å². The fourth-order valence-corrected chi connectivity index (χ4v) is 2.62. The molecule has 0 aliphatic heterocycles. The Hall–Kier alpha value is -2.68. The highest BCUT2D eigenvalue weighted by atomic mass is 32.2. The maximum absolute atomic E-state index is 13.2. The number of anilines is 1. The number of halogens is 1. The predicted molar refractivity (Wildman–Crippen MR) is 72.0 cm³/mol. The second-order valence-corrected chi connectivity index (χ2v) is 5.71. The number of phenolic OH excluding ortho intramolecular Hbond substituents is 1. The SMILES string of the molecule is O=[N+]([O-])c1cc(S(=O)(=O)Nc2ccc(O)cc2)ccc1F. The molecule has 2 aromatic rings. The van der Waals surface area contributed by atoms with Gasteiger partial charge in [-0.25, -0.2) is 8.42 Å². The monoisotopic (exact) mass is 312 g/mol. The van der Waals surface area contributed by atoms with Gasteiger partial charge in [-0.15, -0.1) is 0 Å². The molecule has 0 atom stereocenters. The second kappa shape index (κ2) is 5.37. The van der Waals surface area contributed by atoms with E-state index in [4.69, 9.17) is 5.11 Å². The van der Waals surface area contributed by atoms with E-state index in [2.05, 4.69) is 4.72 Å². The minimum atomic E-state index is -4.10. The van der Waals surface area contributed by atoms with Crippen LogP contribution in [0.15, 0.2) is 47.4 Å². The average Bonchev–Trinajstić information content (AvgIpc) is 2.41. The minimum absolute atomic E-state index is 0.0460. The quantitative estimate of drug-likeness (QED) is 0.511. The van der Waals surface area contributed by atoms with Gasteiger partial charge in [0.15, 0.2) is 0 Å². The Balaban J connectivity index is 2.38. The topological polar surface area (TPSA) is 110 Å². The first-order valence-corrected chi connectivity index (χ1v) is 7.04. The van der Waals surface area contributed by atoms with E-state index in [9.17, 15) is 22.9 Å². The molecule has 0 amide bonds. The Bertz CT molecular complexity index is 790. The molecule has 0 bridgehead atoms. The van der Waals surface area contributed by atoms with Crippen LogP contribution in [0.25, 0.3) is 0 Å². The number of aromatic hydroxyl groups is 1. The van der Waals surface area contributed by atoms with Crippen molar-refractivity contribution in [2.45, 2.75) is 4.90 Å². The molecule has 0 saturated heterocycles. The first-order chi connectivity index (χ1) is 9.79. The summed E-state index contributed by atoms with van der Waals surface area (Å²) in [6.45, 7) is 0. The van der Waals surface area contributed by atoms with Crippen molar-refractivity contribution in [3.63, 3.8) is 0 Å². The molecule has 0 aliphatic carbocycles. The first kappa shape index (κ1) is 14.7. The predicted octanol–water partition coefficient (Wildman–Crippen LogP) is 2.24. The summed E-state index contributed by atoms with van der Waals surface area (Å²) in [5.74, 6) is -1.17. The molecule has 0 unspecified atom stereocenters. The fourth-order valence-electron chi connectivity index (χ4n) is 1.54. The van der Waals surface area contributed by atoms with E-state index < -0.39 is 31.3 Å². The molecule has 0 fully saturated rings. The smallest absolute Gasteiger partial charge is 0.306 e. The highest BCUT2D eigenvalue weighted by Crippen LogP contribution is 2.24. The lowest BCUT2D eigenvalue weighted by Gasteiger charge is -2.08. The van der Waals surface area contributed by atoms with E-state index in [1.54, 1.807) is 0 Å². The summed E-state index contributed by atoms with van der Waals surface area (Å²) in [7, 11) is -4.10. The summed E-state index contributed by atoms with van der Waals surface area (Å²) in [4.78, 5) is 9.17. The molecule has 0 heterocycles.